The van der Waals surface area contributed by atoms with Crippen LogP contribution in [0, 0.1) is 0 Å². The number of amides is 2. The number of hydrogen-bond acceptors (Lipinski definition) is 5. The zero-order chi connectivity index (χ0) is 20.4. The standard InChI is InChI=1S/C21H26N2O5/c1-16(24)23(17-9-10-19(26-2)20(15-17)27-3)13-12-22-21(25)11-14-28-18-7-5-4-6-8-18/h4-10,15H,11-14H2,1-3H3,(H,22,25). The topological polar surface area (TPSA) is 77.1 Å². The van der Waals surface area contributed by atoms with E-state index in [0.29, 0.717) is 36.9 Å². The van der Waals surface area contributed by atoms with Crippen molar-refractivity contribution in [3.8, 4) is 17.2 Å². The number of rotatable bonds is 10. The van der Waals surface area contributed by atoms with E-state index in [0.717, 1.165) is 5.75 Å². The van der Waals surface area contributed by atoms with Gasteiger partial charge >= 0.3 is 0 Å². The van der Waals surface area contributed by atoms with E-state index in [2.05, 4.69) is 5.32 Å². The van der Waals surface area contributed by atoms with E-state index < -0.39 is 0 Å². The van der Waals surface area contributed by atoms with Gasteiger partial charge in [-0.1, -0.05) is 18.2 Å². The van der Waals surface area contributed by atoms with Crippen LogP contribution in [0.4, 0.5) is 5.69 Å². The lowest BCUT2D eigenvalue weighted by atomic mass is 10.2. The lowest BCUT2D eigenvalue weighted by Gasteiger charge is -2.22. The molecular weight excluding hydrogens is 360 g/mol. The van der Waals surface area contributed by atoms with Gasteiger partial charge in [-0.05, 0) is 24.3 Å². The van der Waals surface area contributed by atoms with E-state index in [-0.39, 0.29) is 18.2 Å². The Balaban J connectivity index is 1.83. The molecule has 2 aromatic rings. The molecule has 150 valence electrons. The third-order valence-electron chi connectivity index (χ3n) is 4.06. The maximum atomic E-state index is 12.0. The Morgan fingerprint density at radius 3 is 2.36 bits per heavy atom. The molecule has 0 unspecified atom stereocenters. The number of nitrogens with zero attached hydrogens (tertiary/aromatic N) is 1. The molecule has 0 radical (unpaired) electrons. The Bertz CT molecular complexity index is 780. The number of carbonyl (C=O) groups excluding carboxylic acids is 2. The first kappa shape index (κ1) is 21.1. The molecule has 7 heteroatoms. The zero-order valence-electron chi connectivity index (χ0n) is 16.4. The Morgan fingerprint density at radius 2 is 1.71 bits per heavy atom. The van der Waals surface area contributed by atoms with Crippen molar-refractivity contribution in [3.05, 3.63) is 48.5 Å². The van der Waals surface area contributed by atoms with Crippen molar-refractivity contribution in [3.63, 3.8) is 0 Å². The molecule has 0 atom stereocenters. The van der Waals surface area contributed by atoms with Crippen LogP contribution in [-0.2, 0) is 9.59 Å². The van der Waals surface area contributed by atoms with Crippen molar-refractivity contribution < 1.29 is 23.8 Å². The Morgan fingerprint density at radius 1 is 1.00 bits per heavy atom. The lowest BCUT2D eigenvalue weighted by molar-refractivity contribution is -0.122. The molecule has 0 fully saturated rings. The van der Waals surface area contributed by atoms with Gasteiger partial charge in [-0.3, -0.25) is 9.59 Å². The van der Waals surface area contributed by atoms with Gasteiger partial charge in [0.1, 0.15) is 5.75 Å². The molecule has 1 N–H and O–H groups in total. The van der Waals surface area contributed by atoms with E-state index in [9.17, 15) is 9.59 Å². The second kappa shape index (κ2) is 10.8. The van der Waals surface area contributed by atoms with Crippen LogP contribution in [0.25, 0.3) is 0 Å². The largest absolute Gasteiger partial charge is 0.493 e. The van der Waals surface area contributed by atoms with Gasteiger partial charge in [0.05, 0.1) is 27.2 Å². The van der Waals surface area contributed by atoms with Crippen molar-refractivity contribution in [1.82, 2.24) is 5.32 Å². The van der Waals surface area contributed by atoms with Gasteiger partial charge in [0, 0.05) is 31.8 Å². The first-order chi connectivity index (χ1) is 13.5. The second-order valence-corrected chi connectivity index (χ2v) is 5.97. The SMILES string of the molecule is COc1ccc(N(CCNC(=O)CCOc2ccccc2)C(C)=O)cc1OC. The summed E-state index contributed by atoms with van der Waals surface area (Å²) >= 11 is 0. The molecule has 0 saturated carbocycles. The number of carbonyl (C=O) groups is 2. The maximum Gasteiger partial charge on any atom is 0.223 e. The van der Waals surface area contributed by atoms with Crippen molar-refractivity contribution in [2.75, 3.05) is 38.8 Å². The van der Waals surface area contributed by atoms with Crippen LogP contribution in [0.3, 0.4) is 0 Å². The summed E-state index contributed by atoms with van der Waals surface area (Å²) < 4.78 is 16.0. The summed E-state index contributed by atoms with van der Waals surface area (Å²) in [6.07, 6.45) is 0.241. The minimum atomic E-state index is -0.133. The first-order valence-electron chi connectivity index (χ1n) is 9.00. The molecule has 0 aliphatic rings. The molecule has 0 aromatic heterocycles. The van der Waals surface area contributed by atoms with Gasteiger partial charge in [-0.15, -0.1) is 0 Å². The second-order valence-electron chi connectivity index (χ2n) is 5.97. The number of hydrogen-bond donors (Lipinski definition) is 1. The summed E-state index contributed by atoms with van der Waals surface area (Å²) in [7, 11) is 3.09. The van der Waals surface area contributed by atoms with Gasteiger partial charge in [-0.2, -0.15) is 0 Å². The van der Waals surface area contributed by atoms with Crippen LogP contribution >= 0.6 is 0 Å². The number of anilines is 1. The fourth-order valence-corrected chi connectivity index (χ4v) is 2.63. The van der Waals surface area contributed by atoms with Crippen LogP contribution in [0.1, 0.15) is 13.3 Å². The average Bonchev–Trinajstić information content (AvgIpc) is 2.71. The van der Waals surface area contributed by atoms with Gasteiger partial charge < -0.3 is 24.4 Å². The van der Waals surface area contributed by atoms with E-state index in [4.69, 9.17) is 14.2 Å². The van der Waals surface area contributed by atoms with Crippen LogP contribution in [0.15, 0.2) is 48.5 Å². The number of methoxy groups -OCH3 is 2. The minimum Gasteiger partial charge on any atom is -0.493 e. The highest BCUT2D eigenvalue weighted by Crippen LogP contribution is 2.31. The quantitative estimate of drug-likeness (QED) is 0.679. The molecule has 0 heterocycles. The summed E-state index contributed by atoms with van der Waals surface area (Å²) in [5, 5.41) is 2.81. The summed E-state index contributed by atoms with van der Waals surface area (Å²) in [6, 6.07) is 14.6. The molecule has 2 aromatic carbocycles. The predicted molar refractivity (Wildman–Crippen MR) is 107 cm³/mol. The van der Waals surface area contributed by atoms with Crippen LogP contribution < -0.4 is 24.4 Å². The van der Waals surface area contributed by atoms with E-state index in [1.807, 2.05) is 30.3 Å². The Labute approximate surface area is 165 Å². The summed E-state index contributed by atoms with van der Waals surface area (Å²) in [5.41, 5.74) is 0.673. The van der Waals surface area contributed by atoms with Crippen molar-refractivity contribution in [2.45, 2.75) is 13.3 Å². The molecule has 0 bridgehead atoms. The minimum absolute atomic E-state index is 0.131. The summed E-state index contributed by atoms with van der Waals surface area (Å²) in [6.45, 7) is 2.45. The molecule has 7 nitrogen and oxygen atoms in total. The molecule has 2 rings (SSSR count). The number of para-hydroxylation sites is 1. The van der Waals surface area contributed by atoms with Crippen LogP contribution in [0.2, 0.25) is 0 Å². The third-order valence-corrected chi connectivity index (χ3v) is 4.06. The highest BCUT2D eigenvalue weighted by Gasteiger charge is 2.14. The van der Waals surface area contributed by atoms with Crippen LogP contribution in [-0.4, -0.2) is 45.7 Å². The first-order valence-corrected chi connectivity index (χ1v) is 9.00. The van der Waals surface area contributed by atoms with E-state index in [1.165, 1.54) is 14.0 Å². The fourth-order valence-electron chi connectivity index (χ4n) is 2.63. The summed E-state index contributed by atoms with van der Waals surface area (Å²) in [5.74, 6) is 1.59. The van der Waals surface area contributed by atoms with E-state index in [1.54, 1.807) is 30.2 Å². The molecule has 0 saturated heterocycles. The van der Waals surface area contributed by atoms with Crippen molar-refractivity contribution in [1.29, 1.82) is 0 Å². The maximum absolute atomic E-state index is 12.0. The van der Waals surface area contributed by atoms with Gasteiger partial charge in [0.15, 0.2) is 11.5 Å². The Kier molecular flexibility index (Phi) is 8.14. The Hall–Kier alpha value is -3.22. The molecule has 0 aliphatic carbocycles. The van der Waals surface area contributed by atoms with E-state index >= 15 is 0 Å². The highest BCUT2D eigenvalue weighted by molar-refractivity contribution is 5.92. The highest BCUT2D eigenvalue weighted by atomic mass is 16.5. The molecule has 2 amide bonds. The lowest BCUT2D eigenvalue weighted by Crippen LogP contribution is -2.37. The fraction of sp³-hybridized carbons (Fsp3) is 0.333. The summed E-state index contributed by atoms with van der Waals surface area (Å²) in [4.78, 5) is 25.6. The molecular formula is C21H26N2O5. The van der Waals surface area contributed by atoms with Crippen molar-refractivity contribution in [2.24, 2.45) is 0 Å². The average molecular weight is 386 g/mol. The monoisotopic (exact) mass is 386 g/mol. The van der Waals surface area contributed by atoms with Gasteiger partial charge in [0.25, 0.3) is 0 Å². The zero-order valence-corrected chi connectivity index (χ0v) is 16.4. The third kappa shape index (κ3) is 6.19. The predicted octanol–water partition coefficient (Wildman–Crippen LogP) is 2.64. The molecule has 0 aliphatic heterocycles. The number of ether oxygens (including phenoxy) is 3. The number of nitrogens with one attached hydrogen (secondary N) is 1. The normalized spacial score (nSPS) is 10.1. The molecule has 0 spiro atoms. The van der Waals surface area contributed by atoms with Crippen molar-refractivity contribution >= 4 is 17.5 Å². The van der Waals surface area contributed by atoms with Gasteiger partial charge in [-0.25, -0.2) is 0 Å². The van der Waals surface area contributed by atoms with Gasteiger partial charge in [0.2, 0.25) is 11.8 Å². The smallest absolute Gasteiger partial charge is 0.223 e. The van der Waals surface area contributed by atoms with Crippen LogP contribution in [0.5, 0.6) is 17.2 Å². The number of benzene rings is 2. The molecule has 28 heavy (non-hydrogen) atoms.